The highest BCUT2D eigenvalue weighted by atomic mass is 32.2. The Kier molecular flexibility index (Phi) is 1.75. The smallest absolute Gasteiger partial charge is 0.109 e. The Hall–Kier alpha value is -0.220. The van der Waals surface area contributed by atoms with Crippen LogP contribution >= 0.6 is 0 Å². The van der Waals surface area contributed by atoms with Crippen molar-refractivity contribution >= 4 is 15.8 Å². The molecule has 1 aliphatic rings. The van der Waals surface area contributed by atoms with Crippen LogP contribution in [0.15, 0.2) is 0 Å². The van der Waals surface area contributed by atoms with Crippen molar-refractivity contribution in [2.75, 3.05) is 18.8 Å². The predicted molar refractivity (Wildman–Crippen MR) is 33.6 cm³/mol. The molecule has 1 unspecified atom stereocenters. The summed E-state index contributed by atoms with van der Waals surface area (Å²) in [6, 6.07) is 0. The Morgan fingerprint density at radius 2 is 2.50 bits per heavy atom. The van der Waals surface area contributed by atoms with E-state index in [0.717, 1.165) is 6.54 Å². The van der Waals surface area contributed by atoms with Crippen LogP contribution < -0.4 is 5.32 Å². The fourth-order valence-electron chi connectivity index (χ4n) is 0.570. The maximum atomic E-state index is 10.6. The van der Waals surface area contributed by atoms with Gasteiger partial charge in [0.15, 0.2) is 0 Å². The molecule has 0 saturated carbocycles. The molecule has 1 atom stereocenters. The van der Waals surface area contributed by atoms with Crippen molar-refractivity contribution in [3.8, 4) is 0 Å². The van der Waals surface area contributed by atoms with E-state index in [9.17, 15) is 4.21 Å². The molecule has 8 heavy (non-hydrogen) atoms. The molecule has 1 heterocycles. The molecule has 1 saturated heterocycles. The zero-order valence-corrected chi connectivity index (χ0v) is 5.25. The van der Waals surface area contributed by atoms with E-state index in [-0.39, 0.29) is 0 Å². The largest absolute Gasteiger partial charge is 0.310 e. The van der Waals surface area contributed by atoms with Gasteiger partial charge in [-0.1, -0.05) is 0 Å². The third-order valence-corrected chi connectivity index (χ3v) is 2.29. The van der Waals surface area contributed by atoms with Crippen molar-refractivity contribution in [3.63, 3.8) is 0 Å². The maximum absolute atomic E-state index is 10.6. The predicted octanol–water partition coefficient (Wildman–Crippen LogP) is -0.684. The summed E-state index contributed by atoms with van der Waals surface area (Å²) in [5, 5.41) is 10.3. The molecule has 46 valence electrons. The van der Waals surface area contributed by atoms with Crippen molar-refractivity contribution in [3.05, 3.63) is 0 Å². The number of hydrogen-bond acceptors (Lipinski definition) is 3. The van der Waals surface area contributed by atoms with Gasteiger partial charge in [0.05, 0.1) is 10.8 Å². The summed E-state index contributed by atoms with van der Waals surface area (Å²) < 4.78 is 10.6. The molecule has 1 aliphatic heterocycles. The zero-order chi connectivity index (χ0) is 5.98. The zero-order valence-electron chi connectivity index (χ0n) is 4.44. The van der Waals surface area contributed by atoms with Crippen molar-refractivity contribution in [2.45, 2.75) is 0 Å². The van der Waals surface area contributed by atoms with Crippen LogP contribution in [-0.2, 0) is 10.8 Å². The third-order valence-electron chi connectivity index (χ3n) is 1.02. The van der Waals surface area contributed by atoms with Crippen LogP contribution in [0.5, 0.6) is 0 Å². The van der Waals surface area contributed by atoms with Gasteiger partial charge in [-0.05, 0) is 0 Å². The molecule has 0 aromatic carbocycles. The first-order valence-corrected chi connectivity index (χ1v) is 3.79. The fourth-order valence-corrected chi connectivity index (χ4v) is 1.41. The number of hydrogen-bond donors (Lipinski definition) is 2. The molecule has 0 aliphatic carbocycles. The van der Waals surface area contributed by atoms with Crippen molar-refractivity contribution < 1.29 is 4.21 Å². The third kappa shape index (κ3) is 1.14. The number of rotatable bonds is 0. The Balaban J connectivity index is 2.52. The Morgan fingerprint density at radius 3 is 2.88 bits per heavy atom. The summed E-state index contributed by atoms with van der Waals surface area (Å²) in [6.07, 6.45) is 0. The van der Waals surface area contributed by atoms with Crippen molar-refractivity contribution in [2.24, 2.45) is 0 Å². The summed E-state index contributed by atoms with van der Waals surface area (Å²) in [7, 11) is -0.964. The molecule has 0 aromatic rings. The second kappa shape index (κ2) is 2.37. The second-order valence-electron chi connectivity index (χ2n) is 1.65. The van der Waals surface area contributed by atoms with Gasteiger partial charge >= 0.3 is 0 Å². The van der Waals surface area contributed by atoms with Crippen LogP contribution in [0.4, 0.5) is 0 Å². The summed E-state index contributed by atoms with van der Waals surface area (Å²) in [5.41, 5.74) is 0. The van der Waals surface area contributed by atoms with E-state index in [0.29, 0.717) is 17.3 Å². The number of nitrogens with one attached hydrogen (secondary N) is 2. The summed E-state index contributed by atoms with van der Waals surface area (Å²) in [4.78, 5) is 0. The minimum absolute atomic E-state index is 0.330. The average Bonchev–Trinajstić information content (AvgIpc) is 1.77. The quantitative estimate of drug-likeness (QED) is 0.458. The van der Waals surface area contributed by atoms with Crippen LogP contribution in [0, 0.1) is 5.41 Å². The van der Waals surface area contributed by atoms with Gasteiger partial charge in [-0.25, -0.2) is 0 Å². The topological polar surface area (TPSA) is 53.0 Å². The highest BCUT2D eigenvalue weighted by Gasteiger charge is 2.10. The summed E-state index contributed by atoms with van der Waals surface area (Å²) >= 11 is 0. The van der Waals surface area contributed by atoms with E-state index < -0.39 is 10.8 Å². The minimum Gasteiger partial charge on any atom is -0.310 e. The molecule has 1 fully saturated rings. The molecular formula is C4H8N2OS. The van der Waals surface area contributed by atoms with E-state index in [2.05, 4.69) is 5.32 Å². The fraction of sp³-hybridized carbons (Fsp3) is 0.750. The first-order valence-electron chi connectivity index (χ1n) is 2.47. The van der Waals surface area contributed by atoms with Gasteiger partial charge in [-0.15, -0.1) is 0 Å². The average molecular weight is 132 g/mol. The van der Waals surface area contributed by atoms with Crippen molar-refractivity contribution in [1.29, 1.82) is 5.41 Å². The van der Waals surface area contributed by atoms with Gasteiger partial charge in [0.2, 0.25) is 0 Å². The Bertz CT molecular complexity index is 118. The van der Waals surface area contributed by atoms with Crippen LogP contribution in [0.3, 0.4) is 0 Å². The van der Waals surface area contributed by atoms with Crippen LogP contribution in [0.1, 0.15) is 0 Å². The molecule has 0 radical (unpaired) electrons. The highest BCUT2D eigenvalue weighted by molar-refractivity contribution is 8.00. The van der Waals surface area contributed by atoms with Gasteiger partial charge in [0, 0.05) is 18.8 Å². The lowest BCUT2D eigenvalue weighted by molar-refractivity contribution is 0.680. The molecule has 0 bridgehead atoms. The molecule has 0 aromatic heterocycles. The lowest BCUT2D eigenvalue weighted by atomic mass is 10.6. The van der Waals surface area contributed by atoms with E-state index in [1.165, 1.54) is 0 Å². The first-order chi connectivity index (χ1) is 3.80. The molecule has 3 nitrogen and oxygen atoms in total. The normalized spacial score (nSPS) is 30.5. The minimum atomic E-state index is -0.964. The van der Waals surface area contributed by atoms with Gasteiger partial charge in [0.1, 0.15) is 5.04 Å². The SMILES string of the molecule is N=C1CNCCS1=O. The molecule has 4 heteroatoms. The van der Waals surface area contributed by atoms with E-state index in [4.69, 9.17) is 5.41 Å². The monoisotopic (exact) mass is 132 g/mol. The van der Waals surface area contributed by atoms with Crippen LogP contribution in [0.2, 0.25) is 0 Å². The lowest BCUT2D eigenvalue weighted by Crippen LogP contribution is -2.36. The van der Waals surface area contributed by atoms with Gasteiger partial charge in [0.25, 0.3) is 0 Å². The Morgan fingerprint density at radius 1 is 1.75 bits per heavy atom. The van der Waals surface area contributed by atoms with Gasteiger partial charge in [-0.3, -0.25) is 9.62 Å². The maximum Gasteiger partial charge on any atom is 0.109 e. The molecular weight excluding hydrogens is 124 g/mol. The van der Waals surface area contributed by atoms with E-state index in [1.807, 2.05) is 0 Å². The van der Waals surface area contributed by atoms with Gasteiger partial charge in [-0.2, -0.15) is 0 Å². The van der Waals surface area contributed by atoms with Gasteiger partial charge < -0.3 is 5.32 Å². The summed E-state index contributed by atoms with van der Waals surface area (Å²) in [6.45, 7) is 1.29. The van der Waals surface area contributed by atoms with Crippen molar-refractivity contribution in [1.82, 2.24) is 5.32 Å². The first kappa shape index (κ1) is 5.91. The van der Waals surface area contributed by atoms with E-state index >= 15 is 0 Å². The molecule has 1 rings (SSSR count). The summed E-state index contributed by atoms with van der Waals surface area (Å²) in [5.74, 6) is 0.610. The Labute approximate surface area is 50.4 Å². The molecule has 0 spiro atoms. The lowest BCUT2D eigenvalue weighted by Gasteiger charge is -2.10. The highest BCUT2D eigenvalue weighted by Crippen LogP contribution is 1.88. The molecule has 2 N–H and O–H groups in total. The van der Waals surface area contributed by atoms with Crippen LogP contribution in [-0.4, -0.2) is 28.1 Å². The molecule has 0 amide bonds. The standard InChI is InChI=1S/C4H8N2OS/c5-4-3-6-1-2-8(4)7/h5-6H,1-3H2. The van der Waals surface area contributed by atoms with E-state index in [1.54, 1.807) is 0 Å². The van der Waals surface area contributed by atoms with Crippen LogP contribution in [0.25, 0.3) is 0 Å². The second-order valence-corrected chi connectivity index (χ2v) is 3.24.